The fourth-order valence-corrected chi connectivity index (χ4v) is 2.74. The largest absolute Gasteiger partial charge is 0.313 e. The van der Waals surface area contributed by atoms with Crippen LogP contribution in [0.4, 0.5) is 0 Å². The van der Waals surface area contributed by atoms with Gasteiger partial charge in [-0.2, -0.15) is 0 Å². The van der Waals surface area contributed by atoms with Gasteiger partial charge in [0.25, 0.3) is 0 Å². The van der Waals surface area contributed by atoms with Crippen LogP contribution in [0.1, 0.15) is 49.1 Å². The van der Waals surface area contributed by atoms with Gasteiger partial charge in [-0.15, -0.1) is 0 Å². The van der Waals surface area contributed by atoms with Crippen LogP contribution >= 0.6 is 0 Å². The second kappa shape index (κ2) is 5.68. The average Bonchev–Trinajstić information content (AvgIpc) is 2.21. The van der Waals surface area contributed by atoms with E-state index in [0.717, 1.165) is 0 Å². The molecule has 0 heterocycles. The molecule has 1 N–H and O–H groups in total. The molecule has 0 bridgehead atoms. The Labute approximate surface area is 107 Å². The Hall–Kier alpha value is -0.820. The summed E-state index contributed by atoms with van der Waals surface area (Å²) in [5.41, 5.74) is 5.67. The van der Waals surface area contributed by atoms with Gasteiger partial charge in [0.15, 0.2) is 0 Å². The van der Waals surface area contributed by atoms with Crippen molar-refractivity contribution in [3.63, 3.8) is 0 Å². The Balaban J connectivity index is 3.21. The molecule has 0 aliphatic carbocycles. The van der Waals surface area contributed by atoms with Gasteiger partial charge in [-0.1, -0.05) is 38.5 Å². The number of aryl methyl sites for hydroxylation is 3. The van der Waals surface area contributed by atoms with Crippen molar-refractivity contribution in [1.82, 2.24) is 5.32 Å². The predicted molar refractivity (Wildman–Crippen MR) is 76.5 cm³/mol. The fraction of sp³-hybridized carbons (Fsp3) is 0.625. The number of benzene rings is 1. The topological polar surface area (TPSA) is 12.0 Å². The van der Waals surface area contributed by atoms with E-state index in [-0.39, 0.29) is 0 Å². The first kappa shape index (κ1) is 14.2. The van der Waals surface area contributed by atoms with Gasteiger partial charge in [0, 0.05) is 6.04 Å². The van der Waals surface area contributed by atoms with E-state index in [4.69, 9.17) is 0 Å². The molecule has 2 atom stereocenters. The molecule has 1 aromatic rings. The molecule has 0 aliphatic rings. The summed E-state index contributed by atoms with van der Waals surface area (Å²) in [6.07, 6.45) is 0. The van der Waals surface area contributed by atoms with E-state index in [9.17, 15) is 0 Å². The zero-order valence-electron chi connectivity index (χ0n) is 12.4. The first-order valence-corrected chi connectivity index (χ1v) is 6.63. The van der Waals surface area contributed by atoms with Gasteiger partial charge in [-0.05, 0) is 56.3 Å². The SMILES string of the molecule is CNC(c1c(C)cc(C)cc1C)C(C)C(C)C. The minimum Gasteiger partial charge on any atom is -0.313 e. The highest BCUT2D eigenvalue weighted by molar-refractivity contribution is 5.40. The highest BCUT2D eigenvalue weighted by Gasteiger charge is 2.23. The third-order valence-electron chi connectivity index (χ3n) is 3.94. The summed E-state index contributed by atoms with van der Waals surface area (Å²) in [7, 11) is 2.07. The Kier molecular flexibility index (Phi) is 4.76. The first-order valence-electron chi connectivity index (χ1n) is 6.63. The molecule has 1 rings (SSSR count). The van der Waals surface area contributed by atoms with Gasteiger partial charge in [0.1, 0.15) is 0 Å². The Morgan fingerprint density at radius 1 is 0.941 bits per heavy atom. The van der Waals surface area contributed by atoms with Gasteiger partial charge in [-0.25, -0.2) is 0 Å². The maximum Gasteiger partial charge on any atom is 0.0351 e. The molecule has 0 aliphatic heterocycles. The molecule has 2 unspecified atom stereocenters. The summed E-state index contributed by atoms with van der Waals surface area (Å²) in [5.74, 6) is 1.33. The van der Waals surface area contributed by atoms with E-state index >= 15 is 0 Å². The molecule has 0 saturated carbocycles. The molecule has 1 aromatic carbocycles. The molecule has 96 valence electrons. The van der Waals surface area contributed by atoms with Crippen LogP contribution in [-0.4, -0.2) is 7.05 Å². The van der Waals surface area contributed by atoms with Crippen molar-refractivity contribution in [3.05, 3.63) is 34.4 Å². The Morgan fingerprint density at radius 3 is 1.76 bits per heavy atom. The summed E-state index contributed by atoms with van der Waals surface area (Å²) in [4.78, 5) is 0. The van der Waals surface area contributed by atoms with Gasteiger partial charge < -0.3 is 5.32 Å². The highest BCUT2D eigenvalue weighted by atomic mass is 14.9. The van der Waals surface area contributed by atoms with E-state index in [1.54, 1.807) is 0 Å². The van der Waals surface area contributed by atoms with Crippen LogP contribution in [0.3, 0.4) is 0 Å². The summed E-state index contributed by atoms with van der Waals surface area (Å²) in [6, 6.07) is 5.04. The van der Waals surface area contributed by atoms with E-state index < -0.39 is 0 Å². The van der Waals surface area contributed by atoms with Crippen molar-refractivity contribution in [3.8, 4) is 0 Å². The van der Waals surface area contributed by atoms with Gasteiger partial charge in [0.05, 0.1) is 0 Å². The minimum absolute atomic E-state index is 0.454. The van der Waals surface area contributed by atoms with Crippen LogP contribution in [0.15, 0.2) is 12.1 Å². The fourth-order valence-electron chi connectivity index (χ4n) is 2.74. The summed E-state index contributed by atoms with van der Waals surface area (Å²) >= 11 is 0. The highest BCUT2D eigenvalue weighted by Crippen LogP contribution is 2.32. The normalized spacial score (nSPS) is 15.1. The molecule has 0 amide bonds. The lowest BCUT2D eigenvalue weighted by molar-refractivity contribution is 0.315. The quantitative estimate of drug-likeness (QED) is 0.823. The molecule has 1 heteroatoms. The molecular formula is C16H27N. The molecular weight excluding hydrogens is 206 g/mol. The lowest BCUT2D eigenvalue weighted by atomic mass is 9.82. The second-order valence-electron chi connectivity index (χ2n) is 5.68. The third-order valence-corrected chi connectivity index (χ3v) is 3.94. The predicted octanol–water partition coefficient (Wildman–Crippen LogP) is 4.16. The van der Waals surface area contributed by atoms with Crippen LogP contribution < -0.4 is 5.32 Å². The van der Waals surface area contributed by atoms with E-state index in [1.165, 1.54) is 22.3 Å². The second-order valence-corrected chi connectivity index (χ2v) is 5.68. The summed E-state index contributed by atoms with van der Waals surface area (Å²) < 4.78 is 0. The van der Waals surface area contributed by atoms with Gasteiger partial charge in [0.2, 0.25) is 0 Å². The molecule has 0 radical (unpaired) electrons. The molecule has 0 saturated heterocycles. The van der Waals surface area contributed by atoms with Crippen LogP contribution in [0.5, 0.6) is 0 Å². The maximum absolute atomic E-state index is 3.50. The van der Waals surface area contributed by atoms with E-state index in [0.29, 0.717) is 17.9 Å². The number of hydrogen-bond acceptors (Lipinski definition) is 1. The lowest BCUT2D eigenvalue weighted by Crippen LogP contribution is -2.28. The van der Waals surface area contributed by atoms with Crippen LogP contribution in [-0.2, 0) is 0 Å². The third kappa shape index (κ3) is 3.10. The van der Waals surface area contributed by atoms with Crippen molar-refractivity contribution in [2.45, 2.75) is 47.6 Å². The summed E-state index contributed by atoms with van der Waals surface area (Å²) in [6.45, 7) is 13.6. The molecule has 0 fully saturated rings. The Morgan fingerprint density at radius 2 is 1.41 bits per heavy atom. The van der Waals surface area contributed by atoms with Crippen molar-refractivity contribution >= 4 is 0 Å². The minimum atomic E-state index is 0.454. The van der Waals surface area contributed by atoms with Crippen molar-refractivity contribution in [1.29, 1.82) is 0 Å². The van der Waals surface area contributed by atoms with Crippen LogP contribution in [0, 0.1) is 32.6 Å². The molecule has 0 spiro atoms. The molecule has 0 aromatic heterocycles. The van der Waals surface area contributed by atoms with Gasteiger partial charge >= 0.3 is 0 Å². The zero-order chi connectivity index (χ0) is 13.2. The number of hydrogen-bond donors (Lipinski definition) is 1. The molecule has 17 heavy (non-hydrogen) atoms. The van der Waals surface area contributed by atoms with Gasteiger partial charge in [-0.3, -0.25) is 0 Å². The first-order chi connectivity index (χ1) is 7.88. The average molecular weight is 233 g/mol. The zero-order valence-corrected chi connectivity index (χ0v) is 12.4. The van der Waals surface area contributed by atoms with E-state index in [1.807, 2.05) is 0 Å². The van der Waals surface area contributed by atoms with Crippen LogP contribution in [0.2, 0.25) is 0 Å². The van der Waals surface area contributed by atoms with Crippen molar-refractivity contribution < 1.29 is 0 Å². The van der Waals surface area contributed by atoms with E-state index in [2.05, 4.69) is 66.0 Å². The van der Waals surface area contributed by atoms with Crippen molar-refractivity contribution in [2.75, 3.05) is 7.05 Å². The van der Waals surface area contributed by atoms with Crippen LogP contribution in [0.25, 0.3) is 0 Å². The standard InChI is InChI=1S/C16H27N/c1-10(2)14(6)16(17-7)15-12(4)8-11(3)9-13(15)5/h8-10,14,16-17H,1-7H3. The smallest absolute Gasteiger partial charge is 0.0351 e. The monoisotopic (exact) mass is 233 g/mol. The van der Waals surface area contributed by atoms with Crippen molar-refractivity contribution in [2.24, 2.45) is 11.8 Å². The maximum atomic E-state index is 3.50. The lowest BCUT2D eigenvalue weighted by Gasteiger charge is -2.30. The summed E-state index contributed by atoms with van der Waals surface area (Å²) in [5, 5.41) is 3.50. The molecule has 1 nitrogen and oxygen atoms in total. The number of rotatable bonds is 4. The number of nitrogens with one attached hydrogen (secondary N) is 1. The Bertz CT molecular complexity index is 356.